The van der Waals surface area contributed by atoms with Crippen LogP contribution in [0.3, 0.4) is 0 Å². The largest absolute Gasteiger partial charge is 0.481 e. The topological polar surface area (TPSA) is 74.7 Å². The van der Waals surface area contributed by atoms with Crippen LogP contribution < -0.4 is 0 Å². The van der Waals surface area contributed by atoms with Gasteiger partial charge in [-0.1, -0.05) is 12.8 Å². The summed E-state index contributed by atoms with van der Waals surface area (Å²) in [6, 6.07) is 0. The van der Waals surface area contributed by atoms with E-state index >= 15 is 0 Å². The highest BCUT2D eigenvalue weighted by Crippen LogP contribution is 2.38. The van der Waals surface area contributed by atoms with Crippen LogP contribution in [-0.4, -0.2) is 34.3 Å². The molecule has 106 valence electrons. The molecule has 2 rings (SSSR count). The quantitative estimate of drug-likeness (QED) is 0.564. The molecule has 0 aromatic rings. The van der Waals surface area contributed by atoms with Gasteiger partial charge in [0.2, 0.25) is 11.8 Å². The molecule has 19 heavy (non-hydrogen) atoms. The first-order chi connectivity index (χ1) is 9.09. The molecule has 1 N–H and O–H groups in total. The Hall–Kier alpha value is -1.39. The van der Waals surface area contributed by atoms with Gasteiger partial charge in [0.15, 0.2) is 0 Å². The van der Waals surface area contributed by atoms with Crippen molar-refractivity contribution in [1.29, 1.82) is 0 Å². The van der Waals surface area contributed by atoms with Crippen molar-refractivity contribution >= 4 is 17.8 Å². The molecule has 2 bridgehead atoms. The maximum Gasteiger partial charge on any atom is 0.303 e. The van der Waals surface area contributed by atoms with E-state index in [1.807, 2.05) is 0 Å². The monoisotopic (exact) mass is 267 g/mol. The molecule has 0 spiro atoms. The van der Waals surface area contributed by atoms with Gasteiger partial charge in [-0.05, 0) is 32.1 Å². The summed E-state index contributed by atoms with van der Waals surface area (Å²) < 4.78 is 0. The van der Waals surface area contributed by atoms with E-state index in [2.05, 4.69) is 0 Å². The summed E-state index contributed by atoms with van der Waals surface area (Å²) in [5, 5.41) is 8.51. The Morgan fingerprint density at radius 3 is 2.21 bits per heavy atom. The zero-order valence-electron chi connectivity index (χ0n) is 11.1. The molecule has 2 amide bonds. The molecule has 1 aliphatic carbocycles. The highest BCUT2D eigenvalue weighted by molar-refractivity contribution is 6.00. The number of carboxylic acid groups (broad SMARTS) is 1. The lowest BCUT2D eigenvalue weighted by Crippen LogP contribution is -2.46. The number of amides is 2. The SMILES string of the molecule is O=C(O)CCCCCCN1C(=O)C2CCC(C2)C1=O. The number of hydrogen-bond acceptors (Lipinski definition) is 3. The molecular formula is C14H21NO4. The smallest absolute Gasteiger partial charge is 0.303 e. The molecular weight excluding hydrogens is 246 g/mol. The molecule has 0 aromatic heterocycles. The lowest BCUT2D eigenvalue weighted by molar-refractivity contribution is -0.152. The van der Waals surface area contributed by atoms with Gasteiger partial charge in [-0.25, -0.2) is 0 Å². The third-order valence-corrected chi connectivity index (χ3v) is 4.19. The molecule has 2 unspecified atom stereocenters. The van der Waals surface area contributed by atoms with E-state index in [0.29, 0.717) is 13.0 Å². The fraction of sp³-hybridized carbons (Fsp3) is 0.786. The van der Waals surface area contributed by atoms with E-state index in [1.165, 1.54) is 4.90 Å². The molecule has 1 saturated heterocycles. The second-order valence-corrected chi connectivity index (χ2v) is 5.59. The second-order valence-electron chi connectivity index (χ2n) is 5.59. The van der Waals surface area contributed by atoms with E-state index in [9.17, 15) is 14.4 Å². The molecule has 0 radical (unpaired) electrons. The molecule has 2 atom stereocenters. The normalized spacial score (nSPS) is 26.0. The number of rotatable bonds is 7. The second kappa shape index (κ2) is 6.17. The summed E-state index contributed by atoms with van der Waals surface area (Å²) in [6.07, 6.45) is 5.86. The summed E-state index contributed by atoms with van der Waals surface area (Å²) in [4.78, 5) is 35.9. The maximum absolute atomic E-state index is 12.0. The number of hydrogen-bond donors (Lipinski definition) is 1. The van der Waals surface area contributed by atoms with Crippen LogP contribution in [0.2, 0.25) is 0 Å². The van der Waals surface area contributed by atoms with Crippen LogP contribution in [0.4, 0.5) is 0 Å². The molecule has 1 aliphatic heterocycles. The van der Waals surface area contributed by atoms with Crippen LogP contribution in [0.5, 0.6) is 0 Å². The summed E-state index contributed by atoms with van der Waals surface area (Å²) in [6.45, 7) is 0.512. The fourth-order valence-electron chi connectivity index (χ4n) is 3.10. The highest BCUT2D eigenvalue weighted by atomic mass is 16.4. The Bertz CT molecular complexity index is 358. The van der Waals surface area contributed by atoms with Crippen molar-refractivity contribution in [3.63, 3.8) is 0 Å². The van der Waals surface area contributed by atoms with Crippen LogP contribution in [0.25, 0.3) is 0 Å². The number of carbonyl (C=O) groups excluding carboxylic acids is 2. The van der Waals surface area contributed by atoms with Gasteiger partial charge in [0.1, 0.15) is 0 Å². The maximum atomic E-state index is 12.0. The minimum Gasteiger partial charge on any atom is -0.481 e. The number of fused-ring (bicyclic) bond motifs is 2. The minimum absolute atomic E-state index is 0.0179. The van der Waals surface area contributed by atoms with Crippen molar-refractivity contribution in [3.05, 3.63) is 0 Å². The zero-order valence-corrected chi connectivity index (χ0v) is 11.1. The van der Waals surface area contributed by atoms with E-state index in [1.54, 1.807) is 0 Å². The third kappa shape index (κ3) is 3.33. The Labute approximate surface area is 113 Å². The molecule has 1 saturated carbocycles. The highest BCUT2D eigenvalue weighted by Gasteiger charge is 2.44. The first-order valence-corrected chi connectivity index (χ1v) is 7.16. The lowest BCUT2D eigenvalue weighted by Gasteiger charge is -2.29. The summed E-state index contributed by atoms with van der Waals surface area (Å²) >= 11 is 0. The average Bonchev–Trinajstić information content (AvgIpc) is 2.81. The first kappa shape index (κ1) is 14.0. The van der Waals surface area contributed by atoms with E-state index in [-0.39, 0.29) is 30.1 Å². The van der Waals surface area contributed by atoms with Crippen LogP contribution >= 0.6 is 0 Å². The average molecular weight is 267 g/mol. The Balaban J connectivity index is 1.69. The van der Waals surface area contributed by atoms with Crippen molar-refractivity contribution in [2.45, 2.75) is 51.4 Å². The molecule has 5 nitrogen and oxygen atoms in total. The number of imide groups is 1. The number of carboxylic acids is 1. The fourth-order valence-corrected chi connectivity index (χ4v) is 3.10. The van der Waals surface area contributed by atoms with Gasteiger partial charge in [-0.2, -0.15) is 0 Å². The molecule has 1 heterocycles. The van der Waals surface area contributed by atoms with Crippen LogP contribution in [-0.2, 0) is 14.4 Å². The summed E-state index contributed by atoms with van der Waals surface area (Å²) in [5.74, 6) is -0.573. The third-order valence-electron chi connectivity index (χ3n) is 4.19. The lowest BCUT2D eigenvalue weighted by atomic mass is 9.97. The number of likely N-dealkylation sites (tertiary alicyclic amines) is 1. The van der Waals surface area contributed by atoms with Crippen molar-refractivity contribution in [3.8, 4) is 0 Å². The number of carbonyl (C=O) groups is 3. The molecule has 2 aliphatic rings. The Morgan fingerprint density at radius 1 is 1.05 bits per heavy atom. The van der Waals surface area contributed by atoms with Crippen molar-refractivity contribution < 1.29 is 19.5 Å². The predicted octanol–water partition coefficient (Wildman–Crippen LogP) is 1.81. The predicted molar refractivity (Wildman–Crippen MR) is 68.3 cm³/mol. The van der Waals surface area contributed by atoms with E-state index < -0.39 is 5.97 Å². The summed E-state index contributed by atoms with van der Waals surface area (Å²) in [7, 11) is 0. The van der Waals surface area contributed by atoms with Gasteiger partial charge in [0, 0.05) is 24.8 Å². The van der Waals surface area contributed by atoms with Gasteiger partial charge >= 0.3 is 5.97 Å². The minimum atomic E-state index is -0.766. The number of nitrogens with zero attached hydrogens (tertiary/aromatic N) is 1. The van der Waals surface area contributed by atoms with Crippen molar-refractivity contribution in [2.24, 2.45) is 11.8 Å². The van der Waals surface area contributed by atoms with Gasteiger partial charge in [0.05, 0.1) is 0 Å². The van der Waals surface area contributed by atoms with Gasteiger partial charge in [0.25, 0.3) is 0 Å². The number of unbranched alkanes of at least 4 members (excludes halogenated alkanes) is 3. The van der Waals surface area contributed by atoms with Gasteiger partial charge in [-0.15, -0.1) is 0 Å². The Morgan fingerprint density at radius 2 is 1.63 bits per heavy atom. The first-order valence-electron chi connectivity index (χ1n) is 7.16. The van der Waals surface area contributed by atoms with Crippen LogP contribution in [0.15, 0.2) is 0 Å². The zero-order chi connectivity index (χ0) is 13.8. The van der Waals surface area contributed by atoms with Crippen molar-refractivity contribution in [1.82, 2.24) is 4.90 Å². The number of piperidine rings is 1. The molecule has 0 aromatic carbocycles. The van der Waals surface area contributed by atoms with Crippen LogP contribution in [0.1, 0.15) is 51.4 Å². The van der Waals surface area contributed by atoms with Gasteiger partial charge < -0.3 is 5.11 Å². The molecule has 2 fully saturated rings. The number of aliphatic carboxylic acids is 1. The van der Waals surface area contributed by atoms with Crippen molar-refractivity contribution in [2.75, 3.05) is 6.54 Å². The molecule has 5 heteroatoms. The standard InChI is InChI=1S/C14H21NO4/c16-12(17)5-3-1-2-4-8-15-13(18)10-6-7-11(9-10)14(15)19/h10-11H,1-9H2,(H,16,17). The summed E-state index contributed by atoms with van der Waals surface area (Å²) in [5.41, 5.74) is 0. The van der Waals surface area contributed by atoms with Gasteiger partial charge in [-0.3, -0.25) is 19.3 Å². The van der Waals surface area contributed by atoms with E-state index in [0.717, 1.165) is 38.5 Å². The van der Waals surface area contributed by atoms with Crippen LogP contribution in [0, 0.1) is 11.8 Å². The Kier molecular flexibility index (Phi) is 4.56. The van der Waals surface area contributed by atoms with E-state index in [4.69, 9.17) is 5.11 Å².